The number of rotatable bonds is 9. The third kappa shape index (κ3) is 5.88. The maximum absolute atomic E-state index is 5.29. The van der Waals surface area contributed by atoms with Crippen LogP contribution in [-0.4, -0.2) is 50.3 Å². The average molecular weight is 299 g/mol. The number of methoxy groups -OCH3 is 1. The van der Waals surface area contributed by atoms with Gasteiger partial charge in [-0.1, -0.05) is 27.2 Å². The molecule has 0 saturated heterocycles. The highest BCUT2D eigenvalue weighted by atomic mass is 16.5. The summed E-state index contributed by atoms with van der Waals surface area (Å²) in [4.78, 5) is 2.59. The third-order valence-electron chi connectivity index (χ3n) is 5.11. The summed E-state index contributed by atoms with van der Waals surface area (Å²) in [5, 5.41) is 3.85. The molecule has 2 unspecified atom stereocenters. The minimum Gasteiger partial charge on any atom is -0.383 e. The average Bonchev–Trinajstić information content (AvgIpc) is 2.41. The van der Waals surface area contributed by atoms with E-state index in [-0.39, 0.29) is 0 Å². The Morgan fingerprint density at radius 3 is 2.62 bits per heavy atom. The van der Waals surface area contributed by atoms with Crippen molar-refractivity contribution in [3.8, 4) is 0 Å². The van der Waals surface area contributed by atoms with Gasteiger partial charge in [-0.3, -0.25) is 4.90 Å². The second kappa shape index (κ2) is 9.12. The Bertz CT molecular complexity index is 278. The third-order valence-corrected chi connectivity index (χ3v) is 5.11. The van der Waals surface area contributed by atoms with Gasteiger partial charge in [0.25, 0.3) is 0 Å². The highest BCUT2D eigenvalue weighted by molar-refractivity contribution is 4.94. The van der Waals surface area contributed by atoms with Gasteiger partial charge in [-0.05, 0) is 51.0 Å². The van der Waals surface area contributed by atoms with Crippen molar-refractivity contribution < 1.29 is 4.74 Å². The molecule has 0 spiro atoms. The van der Waals surface area contributed by atoms with E-state index >= 15 is 0 Å². The molecule has 0 aromatic carbocycles. The second-order valence-electron chi connectivity index (χ2n) is 7.65. The van der Waals surface area contributed by atoms with E-state index in [0.29, 0.717) is 17.5 Å². The summed E-state index contributed by atoms with van der Waals surface area (Å²) >= 11 is 0. The summed E-state index contributed by atoms with van der Waals surface area (Å²) in [5.41, 5.74) is 0.419. The van der Waals surface area contributed by atoms with Gasteiger partial charge in [0, 0.05) is 32.3 Å². The molecule has 0 amide bonds. The molecule has 0 aromatic heterocycles. The molecule has 0 bridgehead atoms. The van der Waals surface area contributed by atoms with Crippen molar-refractivity contribution in [1.29, 1.82) is 0 Å². The lowest BCUT2D eigenvalue weighted by Gasteiger charge is -2.46. The Morgan fingerprint density at radius 1 is 1.33 bits per heavy atom. The highest BCUT2D eigenvalue weighted by Gasteiger charge is 2.39. The van der Waals surface area contributed by atoms with Gasteiger partial charge in [0.2, 0.25) is 0 Å². The zero-order chi connectivity index (χ0) is 15.9. The van der Waals surface area contributed by atoms with E-state index in [1.807, 2.05) is 0 Å². The molecule has 1 N–H and O–H groups in total. The fraction of sp³-hybridized carbons (Fsp3) is 1.00. The lowest BCUT2D eigenvalue weighted by atomic mass is 9.67. The first-order valence-electron chi connectivity index (χ1n) is 8.88. The summed E-state index contributed by atoms with van der Waals surface area (Å²) in [5.74, 6) is 0.763. The zero-order valence-corrected chi connectivity index (χ0v) is 15.2. The van der Waals surface area contributed by atoms with E-state index < -0.39 is 0 Å². The van der Waals surface area contributed by atoms with Crippen LogP contribution in [0.1, 0.15) is 60.3 Å². The van der Waals surface area contributed by atoms with Crippen LogP contribution < -0.4 is 5.32 Å². The first kappa shape index (κ1) is 18.9. The van der Waals surface area contributed by atoms with Gasteiger partial charge in [0.15, 0.2) is 0 Å². The molecule has 1 saturated carbocycles. The van der Waals surface area contributed by atoms with Crippen LogP contribution in [0.15, 0.2) is 0 Å². The quantitative estimate of drug-likeness (QED) is 0.704. The van der Waals surface area contributed by atoms with Crippen LogP contribution in [0.3, 0.4) is 0 Å². The molecule has 1 fully saturated rings. The first-order valence-corrected chi connectivity index (χ1v) is 8.88. The normalized spacial score (nSPS) is 25.7. The van der Waals surface area contributed by atoms with Crippen molar-refractivity contribution in [3.05, 3.63) is 0 Å². The lowest BCUT2D eigenvalue weighted by molar-refractivity contribution is 0.0569. The van der Waals surface area contributed by atoms with E-state index in [9.17, 15) is 0 Å². The molecule has 0 aromatic rings. The predicted molar refractivity (Wildman–Crippen MR) is 91.8 cm³/mol. The van der Waals surface area contributed by atoms with E-state index in [2.05, 4.69) is 44.8 Å². The Balaban J connectivity index is 2.70. The van der Waals surface area contributed by atoms with Crippen LogP contribution in [0.2, 0.25) is 0 Å². The molecule has 0 heterocycles. The zero-order valence-electron chi connectivity index (χ0n) is 15.2. The van der Waals surface area contributed by atoms with Gasteiger partial charge in [-0.15, -0.1) is 0 Å². The van der Waals surface area contributed by atoms with Gasteiger partial charge < -0.3 is 10.1 Å². The highest BCUT2D eigenvalue weighted by Crippen LogP contribution is 2.39. The van der Waals surface area contributed by atoms with Gasteiger partial charge in [-0.25, -0.2) is 0 Å². The molecule has 3 nitrogen and oxygen atoms in total. The van der Waals surface area contributed by atoms with Crippen molar-refractivity contribution in [3.63, 3.8) is 0 Å². The van der Waals surface area contributed by atoms with Crippen LogP contribution in [0.4, 0.5) is 0 Å². The number of ether oxygens (including phenoxy) is 1. The Labute approximate surface area is 132 Å². The van der Waals surface area contributed by atoms with Crippen LogP contribution in [0.5, 0.6) is 0 Å². The van der Waals surface area contributed by atoms with Crippen molar-refractivity contribution in [2.24, 2.45) is 11.3 Å². The van der Waals surface area contributed by atoms with Crippen molar-refractivity contribution in [1.82, 2.24) is 10.2 Å². The minimum absolute atomic E-state index is 0.419. The topological polar surface area (TPSA) is 24.5 Å². The van der Waals surface area contributed by atoms with Crippen molar-refractivity contribution in [2.75, 3.05) is 33.4 Å². The molecule has 21 heavy (non-hydrogen) atoms. The van der Waals surface area contributed by atoms with Gasteiger partial charge in [0.1, 0.15) is 0 Å². The van der Waals surface area contributed by atoms with Crippen molar-refractivity contribution >= 4 is 0 Å². The molecule has 3 heteroatoms. The van der Waals surface area contributed by atoms with Gasteiger partial charge >= 0.3 is 0 Å². The van der Waals surface area contributed by atoms with Gasteiger partial charge in [-0.2, -0.15) is 0 Å². The van der Waals surface area contributed by atoms with Gasteiger partial charge in [0.05, 0.1) is 6.61 Å². The van der Waals surface area contributed by atoms with Crippen LogP contribution >= 0.6 is 0 Å². The predicted octanol–water partition coefficient (Wildman–Crippen LogP) is 3.54. The summed E-state index contributed by atoms with van der Waals surface area (Å²) < 4.78 is 5.29. The largest absolute Gasteiger partial charge is 0.383 e. The van der Waals surface area contributed by atoms with E-state index in [1.54, 1.807) is 7.11 Å². The van der Waals surface area contributed by atoms with Crippen molar-refractivity contribution in [2.45, 2.75) is 72.4 Å². The standard InChI is InChI=1S/C18H38N2O/c1-7-11-19-17-16(9-8-10-18(17,4)5)14-20(15(2)3)12-13-21-6/h15-17,19H,7-14H2,1-6H3. The molecule has 1 aliphatic rings. The second-order valence-corrected chi connectivity index (χ2v) is 7.65. The fourth-order valence-corrected chi connectivity index (χ4v) is 3.79. The first-order chi connectivity index (χ1) is 9.92. The molecule has 1 aliphatic carbocycles. The molecule has 0 radical (unpaired) electrons. The molecule has 0 aliphatic heterocycles. The monoisotopic (exact) mass is 298 g/mol. The van der Waals surface area contributed by atoms with E-state index in [1.165, 1.54) is 32.2 Å². The summed E-state index contributed by atoms with van der Waals surface area (Å²) in [6.07, 6.45) is 5.31. The van der Waals surface area contributed by atoms with Crippen LogP contribution in [0.25, 0.3) is 0 Å². The van der Waals surface area contributed by atoms with E-state index in [4.69, 9.17) is 4.74 Å². The Hall–Kier alpha value is -0.120. The fourth-order valence-electron chi connectivity index (χ4n) is 3.79. The minimum atomic E-state index is 0.419. The maximum atomic E-state index is 5.29. The smallest absolute Gasteiger partial charge is 0.0589 e. The number of hydrogen-bond donors (Lipinski definition) is 1. The maximum Gasteiger partial charge on any atom is 0.0589 e. The number of nitrogens with zero attached hydrogens (tertiary/aromatic N) is 1. The molecular formula is C18H38N2O. The summed E-state index contributed by atoms with van der Waals surface area (Å²) in [6.45, 7) is 16.0. The van der Waals surface area contributed by atoms with Crippen LogP contribution in [-0.2, 0) is 4.74 Å². The Kier molecular flexibility index (Phi) is 8.22. The number of hydrogen-bond acceptors (Lipinski definition) is 3. The molecule has 1 rings (SSSR count). The summed E-state index contributed by atoms with van der Waals surface area (Å²) in [6, 6.07) is 1.24. The number of nitrogens with one attached hydrogen (secondary N) is 1. The lowest BCUT2D eigenvalue weighted by Crippen LogP contribution is -2.54. The van der Waals surface area contributed by atoms with E-state index in [0.717, 1.165) is 25.6 Å². The molecule has 126 valence electrons. The summed E-state index contributed by atoms with van der Waals surface area (Å²) in [7, 11) is 1.80. The Morgan fingerprint density at radius 2 is 2.05 bits per heavy atom. The molecule has 2 atom stereocenters. The SMILES string of the molecule is CCCNC1C(CN(CCOC)C(C)C)CCCC1(C)C. The van der Waals surface area contributed by atoms with Crippen LogP contribution in [0, 0.1) is 11.3 Å². The molecular weight excluding hydrogens is 260 g/mol.